The molecule has 5 heteroatoms. The van der Waals surface area contributed by atoms with Crippen LogP contribution in [0.2, 0.25) is 0 Å². The number of esters is 1. The Labute approximate surface area is 103 Å². The van der Waals surface area contributed by atoms with Crippen LogP contribution in [-0.4, -0.2) is 50.1 Å². The first-order chi connectivity index (χ1) is 8.19. The van der Waals surface area contributed by atoms with Crippen LogP contribution in [0.3, 0.4) is 0 Å². The van der Waals surface area contributed by atoms with Gasteiger partial charge in [0.1, 0.15) is 0 Å². The summed E-state index contributed by atoms with van der Waals surface area (Å²) in [5.74, 6) is 0.531. The molecule has 98 valence electrons. The van der Waals surface area contributed by atoms with Crippen LogP contribution in [0.1, 0.15) is 26.7 Å². The van der Waals surface area contributed by atoms with Crippen LogP contribution in [-0.2, 0) is 9.53 Å². The van der Waals surface area contributed by atoms with E-state index in [1.807, 2.05) is 6.92 Å². The summed E-state index contributed by atoms with van der Waals surface area (Å²) in [7, 11) is 1.41. The summed E-state index contributed by atoms with van der Waals surface area (Å²) in [5, 5.41) is 3.26. The average molecular weight is 241 g/mol. The molecule has 17 heavy (non-hydrogen) atoms. The minimum absolute atomic E-state index is 0.184. The summed E-state index contributed by atoms with van der Waals surface area (Å²) in [5.41, 5.74) is 0. The number of likely N-dealkylation sites (tertiary alicyclic amines) is 1. The number of carbonyl (C=O) groups is 1. The summed E-state index contributed by atoms with van der Waals surface area (Å²) < 4.78 is 4.69. The van der Waals surface area contributed by atoms with Crippen molar-refractivity contribution in [2.75, 3.05) is 33.3 Å². The van der Waals surface area contributed by atoms with Gasteiger partial charge >= 0.3 is 5.97 Å². The maximum atomic E-state index is 11.3. The largest absolute Gasteiger partial charge is 0.469 e. The van der Waals surface area contributed by atoms with Crippen molar-refractivity contribution in [2.45, 2.75) is 26.7 Å². The highest BCUT2D eigenvalue weighted by Gasteiger charge is 2.17. The number of hydrogen-bond donors (Lipinski definition) is 1. The minimum atomic E-state index is -0.203. The smallest absolute Gasteiger partial charge is 0.310 e. The van der Waals surface area contributed by atoms with Crippen molar-refractivity contribution in [3.05, 3.63) is 0 Å². The first kappa shape index (κ1) is 13.8. The van der Waals surface area contributed by atoms with Gasteiger partial charge in [-0.2, -0.15) is 0 Å². The van der Waals surface area contributed by atoms with Crippen molar-refractivity contribution in [1.29, 1.82) is 0 Å². The monoisotopic (exact) mass is 241 g/mol. The second-order valence-corrected chi connectivity index (χ2v) is 4.31. The Hall–Kier alpha value is -1.26. The average Bonchev–Trinajstić information content (AvgIpc) is 2.86. The molecule has 1 heterocycles. The van der Waals surface area contributed by atoms with Crippen LogP contribution in [0.25, 0.3) is 0 Å². The van der Waals surface area contributed by atoms with Crippen molar-refractivity contribution in [1.82, 2.24) is 10.2 Å². The van der Waals surface area contributed by atoms with Gasteiger partial charge in [-0.05, 0) is 19.8 Å². The second kappa shape index (κ2) is 7.14. The van der Waals surface area contributed by atoms with Crippen LogP contribution in [0.5, 0.6) is 0 Å². The summed E-state index contributed by atoms with van der Waals surface area (Å²) >= 11 is 0. The fourth-order valence-corrected chi connectivity index (χ4v) is 1.85. The lowest BCUT2D eigenvalue weighted by Gasteiger charge is -2.21. The van der Waals surface area contributed by atoms with E-state index in [0.717, 1.165) is 25.6 Å². The third kappa shape index (κ3) is 4.24. The Morgan fingerprint density at radius 2 is 2.12 bits per heavy atom. The van der Waals surface area contributed by atoms with Gasteiger partial charge in [-0.3, -0.25) is 9.79 Å². The molecule has 1 saturated heterocycles. The molecule has 1 unspecified atom stereocenters. The highest BCUT2D eigenvalue weighted by molar-refractivity contribution is 5.80. The Balaban J connectivity index is 2.53. The van der Waals surface area contributed by atoms with Gasteiger partial charge in [-0.15, -0.1) is 0 Å². The van der Waals surface area contributed by atoms with E-state index in [1.165, 1.54) is 20.0 Å². The minimum Gasteiger partial charge on any atom is -0.469 e. The predicted molar refractivity (Wildman–Crippen MR) is 68.0 cm³/mol. The maximum Gasteiger partial charge on any atom is 0.310 e. The molecular formula is C12H23N3O2. The number of methoxy groups -OCH3 is 1. The molecule has 1 rings (SSSR count). The lowest BCUT2D eigenvalue weighted by Crippen LogP contribution is -2.40. The Morgan fingerprint density at radius 3 is 2.65 bits per heavy atom. The van der Waals surface area contributed by atoms with Crippen molar-refractivity contribution >= 4 is 11.9 Å². The van der Waals surface area contributed by atoms with Gasteiger partial charge < -0.3 is 15.0 Å². The molecule has 0 aromatic rings. The molecule has 0 bridgehead atoms. The molecule has 0 spiro atoms. The number of guanidine groups is 1. The number of nitrogens with one attached hydrogen (secondary N) is 1. The lowest BCUT2D eigenvalue weighted by atomic mass is 10.2. The van der Waals surface area contributed by atoms with E-state index in [4.69, 9.17) is 0 Å². The second-order valence-electron chi connectivity index (χ2n) is 4.31. The van der Waals surface area contributed by atoms with Crippen molar-refractivity contribution in [3.63, 3.8) is 0 Å². The third-order valence-corrected chi connectivity index (χ3v) is 2.86. The first-order valence-electron chi connectivity index (χ1n) is 6.30. The zero-order valence-electron chi connectivity index (χ0n) is 11.0. The molecule has 5 nitrogen and oxygen atoms in total. The standard InChI is InChI=1S/C12H23N3O2/c1-4-13-12(15-7-5-6-8-15)14-9-10(2)11(16)17-3/h10H,4-9H2,1-3H3,(H,13,14). The third-order valence-electron chi connectivity index (χ3n) is 2.86. The molecular weight excluding hydrogens is 218 g/mol. The molecule has 1 aliphatic heterocycles. The zero-order valence-corrected chi connectivity index (χ0v) is 11.0. The number of carbonyl (C=O) groups excluding carboxylic acids is 1. The number of aliphatic imine (C=N–C) groups is 1. The summed E-state index contributed by atoms with van der Waals surface area (Å²) in [4.78, 5) is 18.0. The van der Waals surface area contributed by atoms with E-state index in [9.17, 15) is 4.79 Å². The zero-order chi connectivity index (χ0) is 12.7. The highest BCUT2D eigenvalue weighted by Crippen LogP contribution is 2.08. The van der Waals surface area contributed by atoms with Gasteiger partial charge in [0.2, 0.25) is 0 Å². The van der Waals surface area contributed by atoms with Gasteiger partial charge in [0.15, 0.2) is 5.96 Å². The van der Waals surface area contributed by atoms with Gasteiger partial charge in [-0.25, -0.2) is 0 Å². The predicted octanol–water partition coefficient (Wildman–Crippen LogP) is 0.857. The molecule has 1 N–H and O–H groups in total. The van der Waals surface area contributed by atoms with Crippen LogP contribution >= 0.6 is 0 Å². The Morgan fingerprint density at radius 1 is 1.47 bits per heavy atom. The summed E-state index contributed by atoms with van der Waals surface area (Å²) in [6.45, 7) is 7.32. The van der Waals surface area contributed by atoms with E-state index in [1.54, 1.807) is 0 Å². The molecule has 0 aliphatic carbocycles. The molecule has 0 amide bonds. The van der Waals surface area contributed by atoms with E-state index >= 15 is 0 Å². The van der Waals surface area contributed by atoms with Gasteiger partial charge in [0.25, 0.3) is 0 Å². The van der Waals surface area contributed by atoms with E-state index in [0.29, 0.717) is 6.54 Å². The van der Waals surface area contributed by atoms with E-state index < -0.39 is 0 Å². The molecule has 1 aliphatic rings. The van der Waals surface area contributed by atoms with Crippen molar-refractivity contribution in [3.8, 4) is 0 Å². The van der Waals surface area contributed by atoms with Gasteiger partial charge in [0, 0.05) is 19.6 Å². The van der Waals surface area contributed by atoms with Crippen LogP contribution in [0.15, 0.2) is 4.99 Å². The Bertz CT molecular complexity index is 273. The normalized spacial score (nSPS) is 18.1. The molecule has 0 aromatic heterocycles. The number of nitrogens with zero attached hydrogens (tertiary/aromatic N) is 2. The first-order valence-corrected chi connectivity index (χ1v) is 6.30. The molecule has 0 radical (unpaired) electrons. The van der Waals surface area contributed by atoms with Crippen molar-refractivity contribution < 1.29 is 9.53 Å². The quantitative estimate of drug-likeness (QED) is 0.450. The number of hydrogen-bond acceptors (Lipinski definition) is 3. The molecule has 0 aromatic carbocycles. The summed E-state index contributed by atoms with van der Waals surface area (Å²) in [6.07, 6.45) is 2.44. The fourth-order valence-electron chi connectivity index (χ4n) is 1.85. The van der Waals surface area contributed by atoms with Gasteiger partial charge in [-0.1, -0.05) is 6.92 Å². The Kier molecular flexibility index (Phi) is 5.80. The molecule has 0 saturated carbocycles. The van der Waals surface area contributed by atoms with Crippen molar-refractivity contribution in [2.24, 2.45) is 10.9 Å². The number of ether oxygens (including phenoxy) is 1. The fraction of sp³-hybridized carbons (Fsp3) is 0.833. The maximum absolute atomic E-state index is 11.3. The molecule has 1 atom stereocenters. The summed E-state index contributed by atoms with van der Waals surface area (Å²) in [6, 6.07) is 0. The van der Waals surface area contributed by atoms with Crippen LogP contribution in [0.4, 0.5) is 0 Å². The SMILES string of the molecule is CCNC(=NCC(C)C(=O)OC)N1CCCC1. The van der Waals surface area contributed by atoms with Crippen LogP contribution in [0, 0.1) is 5.92 Å². The van der Waals surface area contributed by atoms with E-state index in [2.05, 4.69) is 26.9 Å². The number of rotatable bonds is 4. The molecule has 1 fully saturated rings. The highest BCUT2D eigenvalue weighted by atomic mass is 16.5. The lowest BCUT2D eigenvalue weighted by molar-refractivity contribution is -0.144. The van der Waals surface area contributed by atoms with E-state index in [-0.39, 0.29) is 11.9 Å². The van der Waals surface area contributed by atoms with Gasteiger partial charge in [0.05, 0.1) is 19.6 Å². The van der Waals surface area contributed by atoms with Crippen LogP contribution < -0.4 is 5.32 Å². The topological polar surface area (TPSA) is 53.9 Å².